The molecule has 12 aromatic heterocycles. The standard InChI is InChI=1S/C44H26N6.C38H21N5O.C38H21N5S/c1-3-13-27(14-4-1)43-45-25-35-29-17-7-8-18-30(29)36-26-46-44(48-40(36)39(35)47-43)50-38-22-12-10-20-32(38)34-24-23-33-31-19-9-11-21-37(31)49(41(33)42(34)50)28-15-5-2-6-16-28;2*1-2-10-22(11-3-1)37-39-20-29-23-12-4-5-13-24(23)30-21-40-38(42-34(30)33(29)41-37)43-31-16-8-6-14-25(31)27-18-19-28-26-15-7-9-17-32(26)44-36(28)35(27)43/h1-26H;2*1-21H. The summed E-state index contributed by atoms with van der Waals surface area (Å²) in [6, 6.07) is 130. The average molecular weight is 1780 g/mol. The summed E-state index contributed by atoms with van der Waals surface area (Å²) in [5, 5.41) is 26.2. The summed E-state index contributed by atoms with van der Waals surface area (Å²) in [7, 11) is 0. The number of nitrogens with zero attached hydrogens (tertiary/aromatic N) is 16. The Kier molecular flexibility index (Phi) is 16.9. The van der Waals surface area contributed by atoms with E-state index in [2.05, 4.69) is 273 Å². The van der Waals surface area contributed by atoms with Crippen molar-refractivity contribution >= 4 is 238 Å². The van der Waals surface area contributed by atoms with Gasteiger partial charge in [-0.15, -0.1) is 11.3 Å². The molecule has 0 spiro atoms. The van der Waals surface area contributed by atoms with Gasteiger partial charge in [-0.2, -0.15) is 0 Å². The highest BCUT2D eigenvalue weighted by Gasteiger charge is 2.28. The van der Waals surface area contributed by atoms with Crippen molar-refractivity contribution < 1.29 is 4.42 Å². The maximum atomic E-state index is 6.54. The van der Waals surface area contributed by atoms with Crippen molar-refractivity contribution in [2.45, 2.75) is 0 Å². The zero-order valence-corrected chi connectivity index (χ0v) is 74.0. The van der Waals surface area contributed by atoms with Crippen LogP contribution in [0.15, 0.2) is 418 Å². The van der Waals surface area contributed by atoms with Crippen LogP contribution in [0.4, 0.5) is 0 Å². The summed E-state index contributed by atoms with van der Waals surface area (Å²) in [5.74, 6) is 3.80. The third-order valence-electron chi connectivity index (χ3n) is 27.4. The molecule has 640 valence electrons. The first-order chi connectivity index (χ1) is 68.5. The van der Waals surface area contributed by atoms with Crippen LogP contribution in [0.3, 0.4) is 0 Å². The van der Waals surface area contributed by atoms with Gasteiger partial charge in [0, 0.05) is 161 Å². The maximum Gasteiger partial charge on any atom is 0.235 e. The molecule has 0 aliphatic heterocycles. The Labute approximate surface area is 786 Å². The van der Waals surface area contributed by atoms with Gasteiger partial charge in [-0.05, 0) is 86.9 Å². The summed E-state index contributed by atoms with van der Waals surface area (Å²) in [4.78, 5) is 61.2. The Hall–Kier alpha value is -18.8. The summed E-state index contributed by atoms with van der Waals surface area (Å²) < 4.78 is 18.0. The predicted octanol–water partition coefficient (Wildman–Crippen LogP) is 29.8. The summed E-state index contributed by atoms with van der Waals surface area (Å²) in [5.41, 5.74) is 19.0. The van der Waals surface area contributed by atoms with Gasteiger partial charge in [0.15, 0.2) is 23.1 Å². The highest BCUT2D eigenvalue weighted by Crippen LogP contribution is 2.48. The molecule has 0 bridgehead atoms. The van der Waals surface area contributed by atoms with E-state index in [1.54, 1.807) is 0 Å². The van der Waals surface area contributed by atoms with E-state index in [1.807, 2.05) is 170 Å². The first-order valence-corrected chi connectivity index (χ1v) is 46.7. The van der Waals surface area contributed by atoms with Crippen LogP contribution in [-0.2, 0) is 0 Å². The van der Waals surface area contributed by atoms with Crippen LogP contribution in [-0.4, -0.2) is 78.1 Å². The average Bonchev–Trinajstić information content (AvgIpc) is 1.61. The van der Waals surface area contributed by atoms with Gasteiger partial charge < -0.3 is 8.98 Å². The number of benzene rings is 19. The molecule has 0 unspecified atom stereocenters. The molecule has 0 amide bonds. The maximum absolute atomic E-state index is 6.54. The van der Waals surface area contributed by atoms with Crippen LogP contribution >= 0.6 is 11.3 Å². The normalized spacial score (nSPS) is 12.1. The molecule has 0 aliphatic rings. The quantitative estimate of drug-likeness (QED) is 0.137. The first-order valence-electron chi connectivity index (χ1n) is 45.9. The molecule has 0 saturated heterocycles. The number of thiophene rings is 1. The zero-order chi connectivity index (χ0) is 90.3. The molecule has 18 heteroatoms. The zero-order valence-electron chi connectivity index (χ0n) is 73.2. The molecule has 0 radical (unpaired) electrons. The molecule has 0 atom stereocenters. The Balaban J connectivity index is 0.000000100. The number of furan rings is 1. The third kappa shape index (κ3) is 11.6. The van der Waals surface area contributed by atoms with Gasteiger partial charge in [0.25, 0.3) is 0 Å². The van der Waals surface area contributed by atoms with E-state index in [9.17, 15) is 0 Å². The fraction of sp³-hybridized carbons (Fsp3) is 0. The van der Waals surface area contributed by atoms with Crippen molar-refractivity contribution in [3.8, 4) is 57.7 Å². The topological polar surface area (TPSA) is 188 Å². The minimum atomic E-state index is 0.563. The lowest BCUT2D eigenvalue weighted by Crippen LogP contribution is -2.04. The number of hydrogen-bond acceptors (Lipinski definition) is 14. The smallest absolute Gasteiger partial charge is 0.235 e. The monoisotopic (exact) mass is 1780 g/mol. The van der Waals surface area contributed by atoms with Gasteiger partial charge in [-0.3, -0.25) is 13.7 Å². The third-order valence-corrected chi connectivity index (χ3v) is 28.6. The molecule has 0 fully saturated rings. The van der Waals surface area contributed by atoms with Crippen LogP contribution in [0.5, 0.6) is 0 Å². The lowest BCUT2D eigenvalue weighted by atomic mass is 10.0. The van der Waals surface area contributed by atoms with Gasteiger partial charge in [0.1, 0.15) is 44.2 Å². The molecule has 138 heavy (non-hydrogen) atoms. The molecule has 31 aromatic rings. The molecular formula is C120H68N16OS. The molecular weight excluding hydrogens is 1710 g/mol. The van der Waals surface area contributed by atoms with Crippen molar-refractivity contribution in [2.75, 3.05) is 0 Å². The number of aromatic nitrogens is 16. The molecule has 19 aromatic carbocycles. The van der Waals surface area contributed by atoms with E-state index < -0.39 is 0 Å². The van der Waals surface area contributed by atoms with Crippen molar-refractivity contribution in [1.82, 2.24) is 78.1 Å². The van der Waals surface area contributed by atoms with Crippen LogP contribution < -0.4 is 0 Å². The molecule has 0 N–H and O–H groups in total. The summed E-state index contributed by atoms with van der Waals surface area (Å²) in [6.07, 6.45) is 11.7. The molecule has 12 heterocycles. The lowest BCUT2D eigenvalue weighted by Gasteiger charge is -2.13. The van der Waals surface area contributed by atoms with E-state index >= 15 is 0 Å². The number of para-hydroxylation sites is 6. The Morgan fingerprint density at radius 2 is 0.471 bits per heavy atom. The fourth-order valence-corrected chi connectivity index (χ4v) is 22.6. The highest BCUT2D eigenvalue weighted by atomic mass is 32.1. The van der Waals surface area contributed by atoms with Gasteiger partial charge in [0.05, 0.1) is 43.3 Å². The number of hydrogen-bond donors (Lipinski definition) is 0. The van der Waals surface area contributed by atoms with Crippen LogP contribution in [0, 0.1) is 0 Å². The lowest BCUT2D eigenvalue weighted by molar-refractivity contribution is 0.671. The van der Waals surface area contributed by atoms with E-state index in [0.29, 0.717) is 35.3 Å². The number of rotatable bonds is 7. The van der Waals surface area contributed by atoms with Crippen molar-refractivity contribution in [1.29, 1.82) is 0 Å². The second kappa shape index (κ2) is 30.4. The van der Waals surface area contributed by atoms with Crippen molar-refractivity contribution in [3.63, 3.8) is 0 Å². The van der Waals surface area contributed by atoms with E-state index in [-0.39, 0.29) is 0 Å². The largest absolute Gasteiger partial charge is 0.454 e. The van der Waals surface area contributed by atoms with Crippen LogP contribution in [0.25, 0.3) is 285 Å². The molecule has 17 nitrogen and oxygen atoms in total. The van der Waals surface area contributed by atoms with Gasteiger partial charge in [0.2, 0.25) is 17.8 Å². The van der Waals surface area contributed by atoms with Gasteiger partial charge in [-0.25, -0.2) is 59.8 Å². The van der Waals surface area contributed by atoms with Crippen molar-refractivity contribution in [3.05, 3.63) is 413 Å². The highest BCUT2D eigenvalue weighted by molar-refractivity contribution is 7.26. The van der Waals surface area contributed by atoms with Crippen LogP contribution in [0.1, 0.15) is 0 Å². The van der Waals surface area contributed by atoms with Gasteiger partial charge in [-0.1, -0.05) is 322 Å². The second-order valence-corrected chi connectivity index (χ2v) is 35.9. The Morgan fingerprint density at radius 1 is 0.188 bits per heavy atom. The van der Waals surface area contributed by atoms with Crippen LogP contribution in [0.2, 0.25) is 0 Å². The summed E-state index contributed by atoms with van der Waals surface area (Å²) in [6.45, 7) is 0. The minimum absolute atomic E-state index is 0.563. The number of fused-ring (bicyclic) bond motifs is 39. The van der Waals surface area contributed by atoms with E-state index in [4.69, 9.17) is 64.2 Å². The Morgan fingerprint density at radius 3 is 0.884 bits per heavy atom. The summed E-state index contributed by atoms with van der Waals surface area (Å²) >= 11 is 1.83. The minimum Gasteiger partial charge on any atom is -0.454 e. The molecule has 0 saturated carbocycles. The van der Waals surface area contributed by atoms with E-state index in [0.717, 1.165) is 208 Å². The SMILES string of the molecule is c1ccc(-c2ncc3c4ccccc4c4cnc(-n5c6ccccc6c6ccc7c8ccccc8n(-c8ccccc8)c7c65)nc4c3n2)cc1.c1ccc(-c2ncc3c4ccccc4c4cnc(-n5c6ccccc6c6ccc7c8ccccc8oc7c65)nc4c3n2)cc1.c1ccc(-c2ncc3c4ccccc4c4cnc(-n5c6ccccc6c6ccc7c8ccccc8sc7c65)nc4c3n2)cc1. The second-order valence-electron chi connectivity index (χ2n) is 34.9. The first kappa shape index (κ1) is 76.9. The molecule has 0 aliphatic carbocycles. The Bertz CT molecular complexity index is 10200. The predicted molar refractivity (Wildman–Crippen MR) is 564 cm³/mol. The fourth-order valence-electron chi connectivity index (χ4n) is 21.3. The van der Waals surface area contributed by atoms with Crippen molar-refractivity contribution in [2.24, 2.45) is 0 Å². The van der Waals surface area contributed by atoms with Gasteiger partial charge >= 0.3 is 0 Å². The molecule has 31 rings (SSSR count). The van der Waals surface area contributed by atoms with E-state index in [1.165, 1.54) is 41.7 Å².